The Kier molecular flexibility index (Phi) is 6.03. The molecule has 0 N–H and O–H groups in total. The number of esters is 1. The molecule has 0 aromatic heterocycles. The van der Waals surface area contributed by atoms with Gasteiger partial charge < -0.3 is 9.64 Å². The molecule has 0 aromatic rings. The molecule has 2 saturated heterocycles. The first-order valence-corrected chi connectivity index (χ1v) is 8.28. The van der Waals surface area contributed by atoms with Crippen molar-refractivity contribution in [1.29, 1.82) is 0 Å². The molecule has 21 heavy (non-hydrogen) atoms. The maximum Gasteiger partial charge on any atom is 0.323 e. The van der Waals surface area contributed by atoms with Gasteiger partial charge in [-0.1, -0.05) is 13.3 Å². The number of carbonyl (C=O) groups excluding carboxylic acids is 2. The zero-order valence-corrected chi connectivity index (χ0v) is 13.3. The van der Waals surface area contributed by atoms with Crippen LogP contribution in [0.1, 0.15) is 51.9 Å². The van der Waals surface area contributed by atoms with Crippen LogP contribution in [0.3, 0.4) is 0 Å². The van der Waals surface area contributed by atoms with Crippen LogP contribution < -0.4 is 0 Å². The fourth-order valence-electron chi connectivity index (χ4n) is 3.60. The van der Waals surface area contributed by atoms with E-state index < -0.39 is 0 Å². The van der Waals surface area contributed by atoms with Crippen LogP contribution in [0, 0.1) is 0 Å². The second kappa shape index (κ2) is 7.78. The van der Waals surface area contributed by atoms with Crippen molar-refractivity contribution in [3.05, 3.63) is 0 Å². The summed E-state index contributed by atoms with van der Waals surface area (Å²) in [6, 6.07) is 0.144. The zero-order valence-electron chi connectivity index (χ0n) is 13.3. The van der Waals surface area contributed by atoms with E-state index in [9.17, 15) is 9.59 Å². The number of hydrogen-bond donors (Lipinski definition) is 0. The second-order valence-corrected chi connectivity index (χ2v) is 6.15. The van der Waals surface area contributed by atoms with Crippen molar-refractivity contribution in [3.8, 4) is 0 Å². The van der Waals surface area contributed by atoms with Gasteiger partial charge in [0.05, 0.1) is 13.7 Å². The first-order valence-electron chi connectivity index (χ1n) is 8.28. The van der Waals surface area contributed by atoms with Crippen LogP contribution >= 0.6 is 0 Å². The highest BCUT2D eigenvalue weighted by atomic mass is 16.5. The van der Waals surface area contributed by atoms with Crippen LogP contribution in [-0.2, 0) is 14.3 Å². The fraction of sp³-hybridized carbons (Fsp3) is 0.875. The number of likely N-dealkylation sites (tertiary alicyclic amines) is 2. The molecule has 0 aromatic carbocycles. The summed E-state index contributed by atoms with van der Waals surface area (Å²) in [5, 5.41) is 0. The smallest absolute Gasteiger partial charge is 0.323 e. The summed E-state index contributed by atoms with van der Waals surface area (Å²) in [7, 11) is 1.43. The maximum absolute atomic E-state index is 12.6. The van der Waals surface area contributed by atoms with Gasteiger partial charge in [-0.15, -0.1) is 0 Å². The Hall–Kier alpha value is -1.10. The van der Waals surface area contributed by atoms with Crippen molar-refractivity contribution in [2.24, 2.45) is 0 Å². The predicted octanol–water partition coefficient (Wildman–Crippen LogP) is 1.80. The number of piperidine rings is 2. The van der Waals surface area contributed by atoms with E-state index >= 15 is 0 Å². The van der Waals surface area contributed by atoms with Crippen LogP contribution in [0.25, 0.3) is 0 Å². The quantitative estimate of drug-likeness (QED) is 0.742. The number of hydrogen-bond acceptors (Lipinski definition) is 4. The van der Waals surface area contributed by atoms with Crippen molar-refractivity contribution < 1.29 is 14.3 Å². The van der Waals surface area contributed by atoms with Gasteiger partial charge in [0.25, 0.3) is 0 Å². The third-order valence-electron chi connectivity index (χ3n) is 4.84. The third-order valence-corrected chi connectivity index (χ3v) is 4.84. The van der Waals surface area contributed by atoms with Crippen molar-refractivity contribution in [3.63, 3.8) is 0 Å². The standard InChI is InChI=1S/C16H28N2O3/c1-3-13-8-4-7-11-18(13)15(19)12-17-10-6-5-9-14(17)16(20)21-2/h13-14H,3-12H2,1-2H3. The number of methoxy groups -OCH3 is 1. The van der Waals surface area contributed by atoms with Gasteiger partial charge in [0.2, 0.25) is 5.91 Å². The van der Waals surface area contributed by atoms with Gasteiger partial charge in [0, 0.05) is 12.6 Å². The molecule has 5 nitrogen and oxygen atoms in total. The third kappa shape index (κ3) is 3.96. The number of amides is 1. The summed E-state index contributed by atoms with van der Waals surface area (Å²) in [5.74, 6) is -0.0226. The van der Waals surface area contributed by atoms with Gasteiger partial charge in [-0.25, -0.2) is 0 Å². The lowest BCUT2D eigenvalue weighted by Crippen LogP contribution is -2.52. The van der Waals surface area contributed by atoms with E-state index in [0.717, 1.165) is 51.6 Å². The van der Waals surface area contributed by atoms with Crippen molar-refractivity contribution >= 4 is 11.9 Å². The molecule has 2 rings (SSSR count). The molecule has 2 fully saturated rings. The first kappa shape index (κ1) is 16.3. The van der Waals surface area contributed by atoms with Crippen molar-refractivity contribution in [2.75, 3.05) is 26.7 Å². The Labute approximate surface area is 127 Å². The lowest BCUT2D eigenvalue weighted by Gasteiger charge is -2.39. The van der Waals surface area contributed by atoms with Gasteiger partial charge >= 0.3 is 5.97 Å². The van der Waals surface area contributed by atoms with Crippen molar-refractivity contribution in [1.82, 2.24) is 9.80 Å². The van der Waals surface area contributed by atoms with E-state index in [-0.39, 0.29) is 17.9 Å². The summed E-state index contributed by atoms with van der Waals surface area (Å²) in [5.41, 5.74) is 0. The minimum Gasteiger partial charge on any atom is -0.468 e. The molecule has 0 aliphatic carbocycles. The Morgan fingerprint density at radius 3 is 2.52 bits per heavy atom. The monoisotopic (exact) mass is 296 g/mol. The zero-order chi connectivity index (χ0) is 15.2. The van der Waals surface area contributed by atoms with Crippen molar-refractivity contribution in [2.45, 2.75) is 64.0 Å². The van der Waals surface area contributed by atoms with E-state index in [1.165, 1.54) is 13.5 Å². The second-order valence-electron chi connectivity index (χ2n) is 6.15. The Morgan fingerprint density at radius 2 is 1.81 bits per heavy atom. The van der Waals surface area contributed by atoms with E-state index in [4.69, 9.17) is 4.74 Å². The SMILES string of the molecule is CCC1CCCCN1C(=O)CN1CCCCC1C(=O)OC. The van der Waals surface area contributed by atoms with Gasteiger partial charge in [-0.05, 0) is 45.1 Å². The van der Waals surface area contributed by atoms with Gasteiger partial charge in [0.1, 0.15) is 6.04 Å². The highest BCUT2D eigenvalue weighted by Crippen LogP contribution is 2.22. The van der Waals surface area contributed by atoms with Gasteiger partial charge in [-0.2, -0.15) is 0 Å². The van der Waals surface area contributed by atoms with Crippen LogP contribution in [0.4, 0.5) is 0 Å². The van der Waals surface area contributed by atoms with E-state index in [1.807, 2.05) is 9.80 Å². The number of rotatable bonds is 4. The highest BCUT2D eigenvalue weighted by molar-refractivity contribution is 5.81. The van der Waals surface area contributed by atoms with Crippen LogP contribution in [-0.4, -0.2) is 60.5 Å². The average Bonchev–Trinajstić information content (AvgIpc) is 2.54. The molecule has 2 heterocycles. The minimum absolute atomic E-state index is 0.178. The number of carbonyl (C=O) groups is 2. The molecular formula is C16H28N2O3. The molecule has 2 unspecified atom stereocenters. The Balaban J connectivity index is 1.97. The molecule has 1 amide bonds. The number of nitrogens with zero attached hydrogens (tertiary/aromatic N) is 2. The van der Waals surface area contributed by atoms with E-state index in [0.29, 0.717) is 12.6 Å². The first-order chi connectivity index (χ1) is 10.2. The number of ether oxygens (including phenoxy) is 1. The normalized spacial score (nSPS) is 27.4. The molecule has 0 bridgehead atoms. The molecular weight excluding hydrogens is 268 g/mol. The maximum atomic E-state index is 12.6. The lowest BCUT2D eigenvalue weighted by molar-refractivity contribution is -0.150. The lowest BCUT2D eigenvalue weighted by atomic mass is 9.99. The van der Waals surface area contributed by atoms with E-state index in [1.54, 1.807) is 0 Å². The van der Waals surface area contributed by atoms with Crippen LogP contribution in [0.15, 0.2) is 0 Å². The topological polar surface area (TPSA) is 49.9 Å². The van der Waals surface area contributed by atoms with Gasteiger partial charge in [0.15, 0.2) is 0 Å². The van der Waals surface area contributed by atoms with Crippen LogP contribution in [0.2, 0.25) is 0 Å². The summed E-state index contributed by atoms with van der Waals surface area (Å²) < 4.78 is 4.88. The molecule has 5 heteroatoms. The Morgan fingerprint density at radius 1 is 1.10 bits per heavy atom. The Bertz CT molecular complexity index is 373. The largest absolute Gasteiger partial charge is 0.468 e. The predicted molar refractivity (Wildman–Crippen MR) is 80.9 cm³/mol. The summed E-state index contributed by atoms with van der Waals surface area (Å²) >= 11 is 0. The molecule has 2 atom stereocenters. The van der Waals surface area contributed by atoms with Crippen LogP contribution in [0.5, 0.6) is 0 Å². The average molecular weight is 296 g/mol. The summed E-state index contributed by atoms with van der Waals surface area (Å²) in [6.45, 7) is 4.19. The summed E-state index contributed by atoms with van der Waals surface area (Å²) in [4.78, 5) is 28.5. The fourth-order valence-corrected chi connectivity index (χ4v) is 3.60. The van der Waals surface area contributed by atoms with E-state index in [2.05, 4.69) is 6.92 Å². The molecule has 120 valence electrons. The van der Waals surface area contributed by atoms with Gasteiger partial charge in [-0.3, -0.25) is 14.5 Å². The molecule has 2 aliphatic rings. The molecule has 0 radical (unpaired) electrons. The molecule has 0 spiro atoms. The molecule has 0 saturated carbocycles. The highest BCUT2D eigenvalue weighted by Gasteiger charge is 2.33. The minimum atomic E-state index is -0.238. The molecule has 2 aliphatic heterocycles. The summed E-state index contributed by atoms with van der Waals surface area (Å²) in [6.07, 6.45) is 7.34.